The van der Waals surface area contributed by atoms with Gasteiger partial charge in [-0.1, -0.05) is 11.5 Å². The second kappa shape index (κ2) is 6.35. The molecule has 0 amide bonds. The van der Waals surface area contributed by atoms with Crippen molar-refractivity contribution in [1.29, 1.82) is 0 Å². The molecule has 1 unspecified atom stereocenters. The van der Waals surface area contributed by atoms with Crippen LogP contribution in [0.25, 0.3) is 0 Å². The molecule has 0 saturated carbocycles. The summed E-state index contributed by atoms with van der Waals surface area (Å²) in [5.41, 5.74) is 0. The van der Waals surface area contributed by atoms with Gasteiger partial charge in [0.15, 0.2) is 0 Å². The van der Waals surface area contributed by atoms with Gasteiger partial charge < -0.3 is 9.73 Å². The molecule has 1 N–H and O–H groups in total. The molecule has 1 aliphatic rings. The van der Waals surface area contributed by atoms with E-state index in [9.17, 15) is 0 Å². The molecule has 1 saturated heterocycles. The van der Waals surface area contributed by atoms with Crippen molar-refractivity contribution >= 4 is 29.4 Å². The van der Waals surface area contributed by atoms with E-state index in [4.69, 9.17) is 16.0 Å². The van der Waals surface area contributed by atoms with Crippen LogP contribution >= 0.6 is 23.4 Å². The molecular weight excluding hydrogens is 246 g/mol. The van der Waals surface area contributed by atoms with Gasteiger partial charge in [0.1, 0.15) is 0 Å². The van der Waals surface area contributed by atoms with Crippen LogP contribution in [0.5, 0.6) is 0 Å². The third kappa shape index (κ3) is 3.56. The molecule has 1 aliphatic heterocycles. The number of rotatable bonds is 5. The van der Waals surface area contributed by atoms with E-state index < -0.39 is 0 Å². The van der Waals surface area contributed by atoms with Gasteiger partial charge in [-0.3, -0.25) is 0 Å². The van der Waals surface area contributed by atoms with Crippen LogP contribution < -0.4 is 5.32 Å². The van der Waals surface area contributed by atoms with Gasteiger partial charge in [-0.25, -0.2) is 0 Å². The van der Waals surface area contributed by atoms with E-state index in [1.165, 1.54) is 25.0 Å². The van der Waals surface area contributed by atoms with Crippen LogP contribution in [0.1, 0.15) is 25.2 Å². The number of aryl methyl sites for hydroxylation is 1. The molecule has 0 bridgehead atoms. The Morgan fingerprint density at radius 3 is 3.12 bits per heavy atom. The Hall–Kier alpha value is -0.420. The number of alkyl halides is 1. The average molecular weight is 262 g/mol. The molecular formula is C10H16ClN3OS. The molecule has 0 aliphatic carbocycles. The molecule has 0 aromatic carbocycles. The number of nitrogens with zero attached hydrogens (tertiary/aromatic N) is 2. The first-order valence-electron chi connectivity index (χ1n) is 5.62. The quantitative estimate of drug-likeness (QED) is 0.826. The molecule has 1 atom stereocenters. The largest absolute Gasteiger partial charge is 0.408 e. The molecule has 16 heavy (non-hydrogen) atoms. The summed E-state index contributed by atoms with van der Waals surface area (Å²) >= 11 is 7.62. The molecule has 1 aromatic heterocycles. The summed E-state index contributed by atoms with van der Waals surface area (Å²) in [5.74, 6) is 2.39. The average Bonchev–Trinajstić information content (AvgIpc) is 2.76. The van der Waals surface area contributed by atoms with Crippen molar-refractivity contribution in [2.45, 2.75) is 30.9 Å². The fourth-order valence-electron chi connectivity index (χ4n) is 1.68. The lowest BCUT2D eigenvalue weighted by atomic mass is 10.2. The highest BCUT2D eigenvalue weighted by atomic mass is 35.5. The molecule has 4 nitrogen and oxygen atoms in total. The summed E-state index contributed by atoms with van der Waals surface area (Å²) in [5, 5.41) is 11.7. The minimum absolute atomic E-state index is 0.514. The maximum absolute atomic E-state index is 5.59. The van der Waals surface area contributed by atoms with E-state index in [2.05, 4.69) is 15.5 Å². The Morgan fingerprint density at radius 1 is 1.44 bits per heavy atom. The predicted octanol–water partition coefficient (Wildman–Crippen LogP) is 2.55. The monoisotopic (exact) mass is 261 g/mol. The predicted molar refractivity (Wildman–Crippen MR) is 67.3 cm³/mol. The van der Waals surface area contributed by atoms with Crippen LogP contribution in [0.2, 0.25) is 0 Å². The molecule has 2 rings (SSSR count). The van der Waals surface area contributed by atoms with Crippen LogP contribution in [-0.4, -0.2) is 33.6 Å². The smallest absolute Gasteiger partial charge is 0.315 e. The second-order valence-electron chi connectivity index (χ2n) is 3.81. The molecule has 0 radical (unpaired) electrons. The van der Waals surface area contributed by atoms with E-state index in [1.807, 2.05) is 11.8 Å². The minimum Gasteiger partial charge on any atom is -0.408 e. The lowest BCUT2D eigenvalue weighted by Crippen LogP contribution is -2.20. The van der Waals surface area contributed by atoms with Crippen molar-refractivity contribution in [3.8, 4) is 0 Å². The zero-order valence-electron chi connectivity index (χ0n) is 9.12. The zero-order valence-corrected chi connectivity index (χ0v) is 10.7. The molecule has 1 fully saturated rings. The maximum atomic E-state index is 5.59. The number of thioether (sulfide) groups is 1. The highest BCUT2D eigenvalue weighted by molar-refractivity contribution is 7.99. The van der Waals surface area contributed by atoms with E-state index in [-0.39, 0.29) is 0 Å². The summed E-state index contributed by atoms with van der Waals surface area (Å²) in [7, 11) is 0. The molecule has 2 heterocycles. The first-order chi connectivity index (χ1) is 7.88. The Kier molecular flexibility index (Phi) is 4.78. The van der Waals surface area contributed by atoms with Crippen molar-refractivity contribution in [1.82, 2.24) is 10.2 Å². The van der Waals surface area contributed by atoms with Gasteiger partial charge in [-0.2, -0.15) is 11.8 Å². The van der Waals surface area contributed by atoms with E-state index in [0.29, 0.717) is 29.5 Å². The van der Waals surface area contributed by atoms with Gasteiger partial charge in [0.2, 0.25) is 5.89 Å². The molecule has 6 heteroatoms. The Balaban J connectivity index is 1.75. The summed E-state index contributed by atoms with van der Waals surface area (Å²) in [6, 6.07) is 0.520. The number of anilines is 1. The number of hydrogen-bond acceptors (Lipinski definition) is 5. The lowest BCUT2D eigenvalue weighted by Gasteiger charge is -2.20. The Labute approximate surface area is 105 Å². The van der Waals surface area contributed by atoms with Gasteiger partial charge >= 0.3 is 6.01 Å². The zero-order chi connectivity index (χ0) is 11.2. The summed E-state index contributed by atoms with van der Waals surface area (Å²) in [6.07, 6.45) is 4.59. The second-order valence-corrected chi connectivity index (χ2v) is 5.60. The SMILES string of the molecule is ClCCc1nnc(NCC2CCCCS2)o1. The van der Waals surface area contributed by atoms with Crippen LogP contribution in [-0.2, 0) is 6.42 Å². The maximum Gasteiger partial charge on any atom is 0.315 e. The standard InChI is InChI=1S/C10H16ClN3OS/c11-5-4-9-13-14-10(15-9)12-7-8-3-1-2-6-16-8/h8H,1-7H2,(H,12,14). The number of aromatic nitrogens is 2. The van der Waals surface area contributed by atoms with Crippen molar-refractivity contribution in [2.75, 3.05) is 23.5 Å². The fraction of sp³-hybridized carbons (Fsp3) is 0.800. The number of nitrogens with one attached hydrogen (secondary N) is 1. The lowest BCUT2D eigenvalue weighted by molar-refractivity contribution is 0.511. The van der Waals surface area contributed by atoms with Crippen molar-refractivity contribution in [2.24, 2.45) is 0 Å². The summed E-state index contributed by atoms with van der Waals surface area (Å²) in [4.78, 5) is 0. The molecule has 90 valence electrons. The van der Waals surface area contributed by atoms with Gasteiger partial charge in [-0.05, 0) is 18.6 Å². The van der Waals surface area contributed by atoms with E-state index in [0.717, 1.165) is 6.54 Å². The van der Waals surface area contributed by atoms with Crippen LogP contribution in [0.3, 0.4) is 0 Å². The number of halogens is 1. The van der Waals surface area contributed by atoms with Crippen LogP contribution in [0, 0.1) is 0 Å². The van der Waals surface area contributed by atoms with Crippen LogP contribution in [0.15, 0.2) is 4.42 Å². The van der Waals surface area contributed by atoms with Gasteiger partial charge in [0, 0.05) is 24.1 Å². The van der Waals surface area contributed by atoms with Crippen molar-refractivity contribution in [3.63, 3.8) is 0 Å². The van der Waals surface area contributed by atoms with Gasteiger partial charge in [-0.15, -0.1) is 16.7 Å². The van der Waals surface area contributed by atoms with Crippen molar-refractivity contribution in [3.05, 3.63) is 5.89 Å². The first-order valence-corrected chi connectivity index (χ1v) is 7.20. The third-order valence-electron chi connectivity index (χ3n) is 2.53. The highest BCUT2D eigenvalue weighted by Gasteiger charge is 2.14. The van der Waals surface area contributed by atoms with E-state index >= 15 is 0 Å². The molecule has 0 spiro atoms. The highest BCUT2D eigenvalue weighted by Crippen LogP contribution is 2.25. The normalized spacial score (nSPS) is 20.9. The number of hydrogen-bond donors (Lipinski definition) is 1. The van der Waals surface area contributed by atoms with Crippen molar-refractivity contribution < 1.29 is 4.42 Å². The minimum atomic E-state index is 0.514. The first kappa shape index (κ1) is 12.0. The summed E-state index contributed by atoms with van der Waals surface area (Å²) in [6.45, 7) is 0.910. The molecule has 1 aromatic rings. The Bertz CT molecular complexity index is 315. The van der Waals surface area contributed by atoms with Crippen LogP contribution in [0.4, 0.5) is 6.01 Å². The topological polar surface area (TPSA) is 51.0 Å². The third-order valence-corrected chi connectivity index (χ3v) is 4.12. The van der Waals surface area contributed by atoms with Gasteiger partial charge in [0.25, 0.3) is 0 Å². The fourth-order valence-corrected chi connectivity index (χ4v) is 3.08. The van der Waals surface area contributed by atoms with Gasteiger partial charge in [0.05, 0.1) is 0 Å². The Morgan fingerprint density at radius 2 is 2.38 bits per heavy atom. The van der Waals surface area contributed by atoms with E-state index in [1.54, 1.807) is 0 Å². The summed E-state index contributed by atoms with van der Waals surface area (Å²) < 4.78 is 5.39.